The largest absolute Gasteiger partial charge is 0.380 e. The first-order valence-corrected chi connectivity index (χ1v) is 5.80. The lowest BCUT2D eigenvalue weighted by molar-refractivity contribution is 0.594. The third-order valence-corrected chi connectivity index (χ3v) is 3.22. The van der Waals surface area contributed by atoms with Crippen molar-refractivity contribution < 1.29 is 4.39 Å². The quantitative estimate of drug-likeness (QED) is 0.817. The molecule has 0 amide bonds. The first-order chi connectivity index (χ1) is 7.22. The van der Waals surface area contributed by atoms with Gasteiger partial charge in [-0.1, -0.05) is 24.6 Å². The van der Waals surface area contributed by atoms with Crippen LogP contribution >= 0.6 is 11.6 Å². The molecule has 1 atom stereocenters. The van der Waals surface area contributed by atoms with E-state index in [2.05, 4.69) is 12.2 Å². The van der Waals surface area contributed by atoms with E-state index >= 15 is 0 Å². The summed E-state index contributed by atoms with van der Waals surface area (Å²) >= 11 is 5.72. The van der Waals surface area contributed by atoms with Crippen molar-refractivity contribution in [2.75, 3.05) is 5.32 Å². The molecule has 1 nitrogen and oxygen atoms in total. The summed E-state index contributed by atoms with van der Waals surface area (Å²) in [6.45, 7) is 2.12. The number of halogens is 2. The maximum Gasteiger partial charge on any atom is 0.164 e. The van der Waals surface area contributed by atoms with Crippen LogP contribution < -0.4 is 5.32 Å². The first-order valence-electron chi connectivity index (χ1n) is 5.43. The van der Waals surface area contributed by atoms with Gasteiger partial charge in [-0.15, -0.1) is 0 Å². The number of hydrogen-bond donors (Lipinski definition) is 1. The molecule has 82 valence electrons. The van der Waals surface area contributed by atoms with Crippen molar-refractivity contribution in [1.82, 2.24) is 0 Å². The summed E-state index contributed by atoms with van der Waals surface area (Å²) in [5, 5.41) is 3.43. The number of nitrogens with one attached hydrogen (secondary N) is 1. The third-order valence-electron chi connectivity index (χ3n) is 2.92. The third kappa shape index (κ3) is 2.43. The van der Waals surface area contributed by atoms with Gasteiger partial charge in [0.2, 0.25) is 0 Å². The molecule has 3 heteroatoms. The molecular formula is C12H15ClFN. The van der Waals surface area contributed by atoms with Crippen molar-refractivity contribution in [2.45, 2.75) is 32.2 Å². The average Bonchev–Trinajstić information content (AvgIpc) is 3.04. The molecule has 1 unspecified atom stereocenters. The Kier molecular flexibility index (Phi) is 3.15. The van der Waals surface area contributed by atoms with Crippen molar-refractivity contribution in [2.24, 2.45) is 5.92 Å². The molecule has 1 fully saturated rings. The molecule has 0 radical (unpaired) electrons. The second-order valence-corrected chi connectivity index (χ2v) is 4.51. The monoisotopic (exact) mass is 227 g/mol. The highest BCUT2D eigenvalue weighted by Crippen LogP contribution is 2.36. The Labute approximate surface area is 94.6 Å². The van der Waals surface area contributed by atoms with E-state index in [9.17, 15) is 4.39 Å². The summed E-state index contributed by atoms with van der Waals surface area (Å²) in [7, 11) is 0. The van der Waals surface area contributed by atoms with Gasteiger partial charge in [0.25, 0.3) is 0 Å². The lowest BCUT2D eigenvalue weighted by Crippen LogP contribution is -2.21. The van der Waals surface area contributed by atoms with E-state index in [1.54, 1.807) is 18.2 Å². The van der Waals surface area contributed by atoms with Gasteiger partial charge in [0, 0.05) is 6.04 Å². The number of anilines is 1. The van der Waals surface area contributed by atoms with Gasteiger partial charge >= 0.3 is 0 Å². The zero-order chi connectivity index (χ0) is 10.8. The fraction of sp³-hybridized carbons (Fsp3) is 0.500. The van der Waals surface area contributed by atoms with Crippen LogP contribution in [0.5, 0.6) is 0 Å². The second kappa shape index (κ2) is 4.40. The molecule has 15 heavy (non-hydrogen) atoms. The lowest BCUT2D eigenvalue weighted by atomic mass is 10.1. The van der Waals surface area contributed by atoms with Crippen molar-refractivity contribution in [3.63, 3.8) is 0 Å². The van der Waals surface area contributed by atoms with Crippen LogP contribution in [0.1, 0.15) is 26.2 Å². The predicted octanol–water partition coefficient (Wildman–Crippen LogP) is 4.08. The summed E-state index contributed by atoms with van der Waals surface area (Å²) in [6, 6.07) is 5.47. The summed E-state index contributed by atoms with van der Waals surface area (Å²) in [6.07, 6.45) is 3.54. The Balaban J connectivity index is 2.11. The molecule has 1 aromatic rings. The standard InChI is InChI=1S/C12H15ClFN/c1-2-10(8-6-7-8)15-11-5-3-4-9(13)12(11)14/h3-5,8,10,15H,2,6-7H2,1H3. The van der Waals surface area contributed by atoms with Gasteiger partial charge in [0.15, 0.2) is 5.82 Å². The smallest absolute Gasteiger partial charge is 0.164 e. The van der Waals surface area contributed by atoms with E-state index in [0.29, 0.717) is 17.6 Å². The minimum atomic E-state index is -0.335. The molecule has 1 aliphatic rings. The SMILES string of the molecule is CCC(Nc1cccc(Cl)c1F)C1CC1. The van der Waals surface area contributed by atoms with Gasteiger partial charge in [0.05, 0.1) is 10.7 Å². The maximum atomic E-state index is 13.6. The zero-order valence-electron chi connectivity index (χ0n) is 8.76. The van der Waals surface area contributed by atoms with E-state index < -0.39 is 0 Å². The molecule has 2 rings (SSSR count). The Morgan fingerprint density at radius 2 is 2.27 bits per heavy atom. The minimum absolute atomic E-state index is 0.186. The van der Waals surface area contributed by atoms with Gasteiger partial charge in [-0.2, -0.15) is 0 Å². The number of hydrogen-bond acceptors (Lipinski definition) is 1. The van der Waals surface area contributed by atoms with E-state index in [1.165, 1.54) is 12.8 Å². The molecule has 0 bridgehead atoms. The molecule has 0 saturated heterocycles. The summed E-state index contributed by atoms with van der Waals surface area (Å²) in [5.74, 6) is 0.381. The van der Waals surface area contributed by atoms with E-state index in [0.717, 1.165) is 6.42 Å². The zero-order valence-corrected chi connectivity index (χ0v) is 9.52. The minimum Gasteiger partial charge on any atom is -0.380 e. The molecular weight excluding hydrogens is 213 g/mol. The van der Waals surface area contributed by atoms with Gasteiger partial charge in [-0.25, -0.2) is 4.39 Å². The molecule has 1 aromatic carbocycles. The van der Waals surface area contributed by atoms with Crippen LogP contribution in [0, 0.1) is 11.7 Å². The van der Waals surface area contributed by atoms with Crippen LogP contribution in [0.4, 0.5) is 10.1 Å². The number of benzene rings is 1. The Morgan fingerprint density at radius 3 is 2.87 bits per heavy atom. The van der Waals surface area contributed by atoms with Crippen molar-refractivity contribution in [3.8, 4) is 0 Å². The van der Waals surface area contributed by atoms with Crippen LogP contribution in [-0.2, 0) is 0 Å². The summed E-state index contributed by atoms with van der Waals surface area (Å²) in [5.41, 5.74) is 0.529. The van der Waals surface area contributed by atoms with E-state index in [4.69, 9.17) is 11.6 Å². The summed E-state index contributed by atoms with van der Waals surface area (Å²) < 4.78 is 13.6. The predicted molar refractivity (Wildman–Crippen MR) is 61.8 cm³/mol. The molecule has 1 saturated carbocycles. The van der Waals surface area contributed by atoms with Crippen LogP contribution in [-0.4, -0.2) is 6.04 Å². The van der Waals surface area contributed by atoms with Crippen molar-refractivity contribution in [1.29, 1.82) is 0 Å². The Morgan fingerprint density at radius 1 is 1.53 bits per heavy atom. The molecule has 0 heterocycles. The van der Waals surface area contributed by atoms with Crippen LogP contribution in [0.25, 0.3) is 0 Å². The fourth-order valence-corrected chi connectivity index (χ4v) is 2.04. The molecule has 0 aromatic heterocycles. The maximum absolute atomic E-state index is 13.6. The molecule has 0 aliphatic heterocycles. The molecule has 1 N–H and O–H groups in total. The summed E-state index contributed by atoms with van der Waals surface area (Å²) in [4.78, 5) is 0. The van der Waals surface area contributed by atoms with E-state index in [1.807, 2.05) is 0 Å². The van der Waals surface area contributed by atoms with E-state index in [-0.39, 0.29) is 10.8 Å². The fourth-order valence-electron chi connectivity index (χ4n) is 1.87. The first kappa shape index (κ1) is 10.7. The topological polar surface area (TPSA) is 12.0 Å². The highest BCUT2D eigenvalue weighted by Gasteiger charge is 2.30. The van der Waals surface area contributed by atoms with Gasteiger partial charge in [-0.3, -0.25) is 0 Å². The molecule has 1 aliphatic carbocycles. The van der Waals surface area contributed by atoms with Crippen LogP contribution in [0.2, 0.25) is 5.02 Å². The Hall–Kier alpha value is -0.760. The second-order valence-electron chi connectivity index (χ2n) is 4.10. The lowest BCUT2D eigenvalue weighted by Gasteiger charge is -2.18. The van der Waals surface area contributed by atoms with Gasteiger partial charge in [-0.05, 0) is 37.3 Å². The van der Waals surface area contributed by atoms with Crippen LogP contribution in [0.15, 0.2) is 18.2 Å². The normalized spacial score (nSPS) is 17.5. The van der Waals surface area contributed by atoms with Crippen molar-refractivity contribution >= 4 is 17.3 Å². The number of rotatable bonds is 4. The van der Waals surface area contributed by atoms with Gasteiger partial charge < -0.3 is 5.32 Å². The molecule has 0 spiro atoms. The Bertz CT molecular complexity index is 349. The van der Waals surface area contributed by atoms with Crippen molar-refractivity contribution in [3.05, 3.63) is 29.0 Å². The van der Waals surface area contributed by atoms with Crippen LogP contribution in [0.3, 0.4) is 0 Å². The highest BCUT2D eigenvalue weighted by atomic mass is 35.5. The highest BCUT2D eigenvalue weighted by molar-refractivity contribution is 6.31. The van der Waals surface area contributed by atoms with Gasteiger partial charge in [0.1, 0.15) is 0 Å². The average molecular weight is 228 g/mol.